The number of nitrogens with one attached hydrogen (secondary N) is 2. The molecule has 1 aliphatic heterocycles. The highest BCUT2D eigenvalue weighted by Gasteiger charge is 2.49. The molecule has 1 rings (SSSR count). The van der Waals surface area contributed by atoms with Crippen LogP contribution >= 0.6 is 0 Å². The Morgan fingerprint density at radius 3 is 2.19 bits per heavy atom. The third-order valence-corrected chi connectivity index (χ3v) is 3.29. The van der Waals surface area contributed by atoms with Gasteiger partial charge >= 0.3 is 6.03 Å². The summed E-state index contributed by atoms with van der Waals surface area (Å²) in [7, 11) is 0. The highest BCUT2D eigenvalue weighted by Crippen LogP contribution is 2.33. The summed E-state index contributed by atoms with van der Waals surface area (Å²) in [5, 5.41) is 10.4. The Morgan fingerprint density at radius 2 is 1.81 bits per heavy atom. The topological polar surface area (TPSA) is 73.3 Å². The van der Waals surface area contributed by atoms with Crippen LogP contribution in [0.2, 0.25) is 0 Å². The van der Waals surface area contributed by atoms with Crippen LogP contribution in [0.1, 0.15) is 40.5 Å². The molecule has 0 aromatic carbocycles. The van der Waals surface area contributed by atoms with E-state index in [9.17, 15) is 9.59 Å². The van der Waals surface area contributed by atoms with Crippen LogP contribution in [-0.4, -0.2) is 28.7 Å². The van der Waals surface area contributed by atoms with E-state index in [0.29, 0.717) is 12.8 Å². The summed E-state index contributed by atoms with van der Waals surface area (Å²) in [6, 6.07) is -0.597. The van der Waals surface area contributed by atoms with Crippen LogP contribution in [0.25, 0.3) is 0 Å². The molecular formula is C11H19N3O2. The molecule has 0 radical (unpaired) electrons. The molecule has 0 atom stereocenters. The quantitative estimate of drug-likeness (QED) is 0.767. The second-order valence-corrected chi connectivity index (χ2v) is 4.36. The van der Waals surface area contributed by atoms with E-state index in [2.05, 4.69) is 5.32 Å². The number of imide groups is 1. The van der Waals surface area contributed by atoms with Crippen LogP contribution in [0, 0.1) is 10.8 Å². The van der Waals surface area contributed by atoms with E-state index in [1.54, 1.807) is 0 Å². The van der Waals surface area contributed by atoms with Gasteiger partial charge in [0.25, 0.3) is 0 Å². The molecule has 0 bridgehead atoms. The maximum Gasteiger partial charge on any atom is 0.329 e. The first kappa shape index (κ1) is 12.7. The Balaban J connectivity index is 3.17. The summed E-state index contributed by atoms with van der Waals surface area (Å²) >= 11 is 0. The van der Waals surface area contributed by atoms with Gasteiger partial charge in [0.2, 0.25) is 5.91 Å². The maximum absolute atomic E-state index is 11.9. The third kappa shape index (κ3) is 1.60. The zero-order valence-corrected chi connectivity index (χ0v) is 10.3. The van der Waals surface area contributed by atoms with E-state index in [-0.39, 0.29) is 17.8 Å². The molecule has 1 fully saturated rings. The highest BCUT2D eigenvalue weighted by atomic mass is 16.2. The van der Waals surface area contributed by atoms with Gasteiger partial charge in [0, 0.05) is 6.04 Å². The molecule has 0 aromatic heterocycles. The fourth-order valence-electron chi connectivity index (χ4n) is 2.12. The zero-order valence-electron chi connectivity index (χ0n) is 10.3. The van der Waals surface area contributed by atoms with E-state index in [4.69, 9.17) is 5.41 Å². The minimum absolute atomic E-state index is 0.113. The lowest BCUT2D eigenvalue weighted by molar-refractivity contribution is -0.128. The minimum Gasteiger partial charge on any atom is -0.287 e. The van der Waals surface area contributed by atoms with Gasteiger partial charge in [-0.3, -0.25) is 20.4 Å². The highest BCUT2D eigenvalue weighted by molar-refractivity contribution is 6.20. The van der Waals surface area contributed by atoms with Crippen molar-refractivity contribution in [3.05, 3.63) is 0 Å². The van der Waals surface area contributed by atoms with Crippen molar-refractivity contribution >= 4 is 17.8 Å². The van der Waals surface area contributed by atoms with Crippen molar-refractivity contribution in [2.24, 2.45) is 5.41 Å². The molecule has 1 heterocycles. The van der Waals surface area contributed by atoms with E-state index >= 15 is 0 Å². The Labute approximate surface area is 95.7 Å². The monoisotopic (exact) mass is 225 g/mol. The molecule has 1 saturated heterocycles. The smallest absolute Gasteiger partial charge is 0.287 e. The number of nitrogens with zero attached hydrogens (tertiary/aromatic N) is 1. The average molecular weight is 225 g/mol. The second kappa shape index (κ2) is 4.23. The van der Waals surface area contributed by atoms with E-state index in [0.717, 1.165) is 0 Å². The number of carbonyl (C=O) groups excluding carboxylic acids is 2. The van der Waals surface area contributed by atoms with Crippen molar-refractivity contribution in [1.29, 1.82) is 5.41 Å². The first-order valence-corrected chi connectivity index (χ1v) is 5.64. The number of amides is 3. The van der Waals surface area contributed by atoms with Gasteiger partial charge in [-0.15, -0.1) is 0 Å². The molecule has 90 valence electrons. The lowest BCUT2D eigenvalue weighted by Gasteiger charge is -2.42. The number of hydrogen-bond acceptors (Lipinski definition) is 3. The summed E-state index contributed by atoms with van der Waals surface area (Å²) in [6.07, 6.45) is 1.06. The SMILES string of the molecule is CCC1(CC)C(=N)N(C(C)C)C(=O)NC1=O. The third-order valence-electron chi connectivity index (χ3n) is 3.29. The van der Waals surface area contributed by atoms with Crippen molar-refractivity contribution in [3.8, 4) is 0 Å². The summed E-state index contributed by atoms with van der Waals surface area (Å²) in [5.74, 6) is -0.217. The van der Waals surface area contributed by atoms with Crippen LogP contribution in [0.15, 0.2) is 0 Å². The van der Waals surface area contributed by atoms with Gasteiger partial charge in [0.1, 0.15) is 11.3 Å². The van der Waals surface area contributed by atoms with Gasteiger partial charge < -0.3 is 0 Å². The van der Waals surface area contributed by atoms with Crippen LogP contribution in [0.4, 0.5) is 4.79 Å². The molecule has 16 heavy (non-hydrogen) atoms. The van der Waals surface area contributed by atoms with Crippen LogP contribution < -0.4 is 5.32 Å². The maximum atomic E-state index is 11.9. The van der Waals surface area contributed by atoms with Crippen molar-refractivity contribution in [1.82, 2.24) is 10.2 Å². The Hall–Kier alpha value is -1.39. The normalized spacial score (nSPS) is 20.3. The predicted octanol–water partition coefficient (Wildman–Crippen LogP) is 1.73. The Bertz CT molecular complexity index is 332. The Kier molecular flexibility index (Phi) is 3.35. The van der Waals surface area contributed by atoms with Crippen LogP contribution in [0.5, 0.6) is 0 Å². The first-order chi connectivity index (χ1) is 7.40. The number of rotatable bonds is 3. The van der Waals surface area contributed by atoms with E-state index in [1.165, 1.54) is 4.90 Å². The fourth-order valence-corrected chi connectivity index (χ4v) is 2.12. The van der Waals surface area contributed by atoms with Gasteiger partial charge in [-0.1, -0.05) is 13.8 Å². The van der Waals surface area contributed by atoms with Crippen molar-refractivity contribution in [2.75, 3.05) is 0 Å². The lowest BCUT2D eigenvalue weighted by Crippen LogP contribution is -2.64. The standard InChI is InChI=1S/C11H19N3O2/c1-5-11(6-2)8(12)14(7(3)4)10(16)13-9(11)15/h7,12H,5-6H2,1-4H3,(H,13,15,16). The van der Waals surface area contributed by atoms with Gasteiger partial charge in [0.15, 0.2) is 0 Å². The molecule has 0 aromatic rings. The molecule has 5 nitrogen and oxygen atoms in total. The average Bonchev–Trinajstić information content (AvgIpc) is 2.18. The van der Waals surface area contributed by atoms with Crippen LogP contribution in [-0.2, 0) is 4.79 Å². The summed E-state index contributed by atoms with van der Waals surface area (Å²) in [5.41, 5.74) is -0.849. The van der Waals surface area contributed by atoms with E-state index < -0.39 is 11.4 Å². The van der Waals surface area contributed by atoms with Gasteiger partial charge in [-0.05, 0) is 26.7 Å². The minimum atomic E-state index is -0.849. The molecule has 0 aliphatic carbocycles. The number of carbonyl (C=O) groups is 2. The van der Waals surface area contributed by atoms with Crippen LogP contribution in [0.3, 0.4) is 0 Å². The van der Waals surface area contributed by atoms with Crippen molar-refractivity contribution in [2.45, 2.75) is 46.6 Å². The predicted molar refractivity (Wildman–Crippen MR) is 61.3 cm³/mol. The number of hydrogen-bond donors (Lipinski definition) is 2. The fraction of sp³-hybridized carbons (Fsp3) is 0.727. The molecular weight excluding hydrogens is 206 g/mol. The molecule has 0 unspecified atom stereocenters. The van der Waals surface area contributed by atoms with Gasteiger partial charge in [0.05, 0.1) is 0 Å². The number of urea groups is 1. The lowest BCUT2D eigenvalue weighted by atomic mass is 9.78. The molecule has 0 saturated carbocycles. The molecule has 1 aliphatic rings. The molecule has 0 spiro atoms. The molecule has 5 heteroatoms. The van der Waals surface area contributed by atoms with Crippen molar-refractivity contribution < 1.29 is 9.59 Å². The Morgan fingerprint density at radius 1 is 1.31 bits per heavy atom. The zero-order chi connectivity index (χ0) is 12.5. The largest absolute Gasteiger partial charge is 0.329 e. The summed E-state index contributed by atoms with van der Waals surface area (Å²) in [4.78, 5) is 24.9. The second-order valence-electron chi connectivity index (χ2n) is 4.36. The summed E-state index contributed by atoms with van der Waals surface area (Å²) < 4.78 is 0. The van der Waals surface area contributed by atoms with Gasteiger partial charge in [-0.25, -0.2) is 4.79 Å². The molecule has 2 N–H and O–H groups in total. The van der Waals surface area contributed by atoms with Gasteiger partial charge in [-0.2, -0.15) is 0 Å². The van der Waals surface area contributed by atoms with Crippen molar-refractivity contribution in [3.63, 3.8) is 0 Å². The van der Waals surface area contributed by atoms with E-state index in [1.807, 2.05) is 27.7 Å². The molecule has 3 amide bonds. The first-order valence-electron chi connectivity index (χ1n) is 5.64. The summed E-state index contributed by atoms with van der Waals surface area (Å²) in [6.45, 7) is 7.40. The number of amidine groups is 1.